The molecule has 134 valence electrons. The summed E-state index contributed by atoms with van der Waals surface area (Å²) in [6, 6.07) is 12.1. The minimum absolute atomic E-state index is 0.191. The number of carbonyl (C=O) groups excluding carboxylic acids is 1. The molecule has 0 radical (unpaired) electrons. The van der Waals surface area contributed by atoms with E-state index in [0.29, 0.717) is 29.4 Å². The Labute approximate surface area is 152 Å². The highest BCUT2D eigenvalue weighted by Crippen LogP contribution is 2.27. The molecule has 6 nitrogen and oxygen atoms in total. The van der Waals surface area contributed by atoms with Crippen LogP contribution in [0.25, 0.3) is 0 Å². The van der Waals surface area contributed by atoms with Crippen LogP contribution >= 0.6 is 0 Å². The van der Waals surface area contributed by atoms with E-state index < -0.39 is 0 Å². The number of hydrazone groups is 1. The van der Waals surface area contributed by atoms with Crippen LogP contribution in [-0.2, 0) is 0 Å². The highest BCUT2D eigenvalue weighted by atomic mass is 16.5. The molecule has 0 saturated carbocycles. The molecule has 0 atom stereocenters. The van der Waals surface area contributed by atoms with Crippen LogP contribution in [0.5, 0.6) is 17.2 Å². The topological polar surface area (TPSA) is 69.2 Å². The van der Waals surface area contributed by atoms with Gasteiger partial charge < -0.3 is 14.2 Å². The molecule has 0 spiro atoms. The maximum absolute atomic E-state index is 12.2. The Kier molecular flexibility index (Phi) is 7.07. The van der Waals surface area contributed by atoms with Gasteiger partial charge in [0.25, 0.3) is 5.91 Å². The van der Waals surface area contributed by atoms with Crippen molar-refractivity contribution in [2.24, 2.45) is 5.10 Å². The van der Waals surface area contributed by atoms with Crippen molar-refractivity contribution >= 4 is 12.1 Å². The van der Waals surface area contributed by atoms with Gasteiger partial charge in [0.1, 0.15) is 12.4 Å². The molecule has 0 heterocycles. The highest BCUT2D eigenvalue weighted by molar-refractivity contribution is 5.95. The number of ether oxygens (including phenoxy) is 3. The molecule has 26 heavy (non-hydrogen) atoms. The quantitative estimate of drug-likeness (QED) is 0.451. The predicted octanol–water partition coefficient (Wildman–Crippen LogP) is 2.87. The molecule has 0 saturated heterocycles. The Bertz CT molecular complexity index is 825. The number of methoxy groups -OCH3 is 1. The highest BCUT2D eigenvalue weighted by Gasteiger charge is 2.10. The van der Waals surface area contributed by atoms with Crippen molar-refractivity contribution in [2.45, 2.75) is 6.92 Å². The van der Waals surface area contributed by atoms with Gasteiger partial charge >= 0.3 is 0 Å². The first-order valence-electron chi connectivity index (χ1n) is 7.98. The van der Waals surface area contributed by atoms with Crippen LogP contribution in [0.15, 0.2) is 47.6 Å². The predicted molar refractivity (Wildman–Crippen MR) is 100.0 cm³/mol. The van der Waals surface area contributed by atoms with E-state index in [1.165, 1.54) is 13.3 Å². The number of hydrogen-bond donors (Lipinski definition) is 1. The molecule has 2 aromatic rings. The molecule has 0 fully saturated rings. The lowest BCUT2D eigenvalue weighted by atomic mass is 10.2. The number of amides is 1. The molecular formula is C20H20N2O4. The average Bonchev–Trinajstić information content (AvgIpc) is 2.67. The van der Waals surface area contributed by atoms with Crippen LogP contribution < -0.4 is 19.6 Å². The normalized spacial score (nSPS) is 10.2. The summed E-state index contributed by atoms with van der Waals surface area (Å²) in [6.07, 6.45) is 6.68. The Morgan fingerprint density at radius 2 is 2.08 bits per heavy atom. The van der Waals surface area contributed by atoms with Gasteiger partial charge in [-0.25, -0.2) is 5.43 Å². The summed E-state index contributed by atoms with van der Waals surface area (Å²) in [4.78, 5) is 12.2. The van der Waals surface area contributed by atoms with Crippen molar-refractivity contribution in [3.8, 4) is 29.6 Å². The lowest BCUT2D eigenvalue weighted by Gasteiger charge is -2.10. The van der Waals surface area contributed by atoms with Crippen LogP contribution in [-0.4, -0.2) is 32.4 Å². The van der Waals surface area contributed by atoms with Crippen molar-refractivity contribution < 1.29 is 19.0 Å². The zero-order chi connectivity index (χ0) is 18.8. The summed E-state index contributed by atoms with van der Waals surface area (Å²) in [6.45, 7) is 2.58. The van der Waals surface area contributed by atoms with E-state index in [1.807, 2.05) is 19.1 Å². The third-order valence-corrected chi connectivity index (χ3v) is 3.29. The SMILES string of the molecule is C#CCOc1cccc(/C=N/NC(=O)c2ccc(OCC)c(OC)c2)c1. The fraction of sp³-hybridized carbons (Fsp3) is 0.200. The molecular weight excluding hydrogens is 332 g/mol. The van der Waals surface area contributed by atoms with Crippen molar-refractivity contribution in [1.82, 2.24) is 5.43 Å². The largest absolute Gasteiger partial charge is 0.493 e. The van der Waals surface area contributed by atoms with Gasteiger partial charge in [-0.3, -0.25) is 4.79 Å². The molecule has 0 aromatic heterocycles. The molecule has 1 N–H and O–H groups in total. The zero-order valence-corrected chi connectivity index (χ0v) is 14.7. The van der Waals surface area contributed by atoms with Crippen LogP contribution in [0.3, 0.4) is 0 Å². The van der Waals surface area contributed by atoms with E-state index in [-0.39, 0.29) is 12.5 Å². The first kappa shape index (κ1) is 18.9. The molecule has 0 unspecified atom stereocenters. The summed E-state index contributed by atoms with van der Waals surface area (Å²) < 4.78 is 16.0. The molecule has 2 aromatic carbocycles. The van der Waals surface area contributed by atoms with Gasteiger partial charge in [-0.15, -0.1) is 6.42 Å². The van der Waals surface area contributed by atoms with Gasteiger partial charge in [0.2, 0.25) is 0 Å². The fourth-order valence-corrected chi connectivity index (χ4v) is 2.12. The van der Waals surface area contributed by atoms with Crippen molar-refractivity contribution in [1.29, 1.82) is 0 Å². The Balaban J connectivity index is 2.02. The maximum Gasteiger partial charge on any atom is 0.271 e. The van der Waals surface area contributed by atoms with Gasteiger partial charge in [-0.1, -0.05) is 18.1 Å². The monoisotopic (exact) mass is 352 g/mol. The van der Waals surface area contributed by atoms with Crippen molar-refractivity contribution in [2.75, 3.05) is 20.3 Å². The first-order chi connectivity index (χ1) is 12.7. The lowest BCUT2D eigenvalue weighted by molar-refractivity contribution is 0.0954. The molecule has 0 aliphatic heterocycles. The summed E-state index contributed by atoms with van der Waals surface area (Å²) in [5.41, 5.74) is 3.65. The first-order valence-corrected chi connectivity index (χ1v) is 7.98. The van der Waals surface area contributed by atoms with Crippen LogP contribution in [0.2, 0.25) is 0 Å². The Hall–Kier alpha value is -3.46. The van der Waals surface area contributed by atoms with Gasteiger partial charge in [0, 0.05) is 5.56 Å². The summed E-state index contributed by atoms with van der Waals surface area (Å²) in [5, 5.41) is 3.96. The van der Waals surface area contributed by atoms with Crippen LogP contribution in [0.4, 0.5) is 0 Å². The third kappa shape index (κ3) is 5.28. The number of benzene rings is 2. The second kappa shape index (κ2) is 9.74. The summed E-state index contributed by atoms with van der Waals surface area (Å²) >= 11 is 0. The minimum Gasteiger partial charge on any atom is -0.493 e. The smallest absolute Gasteiger partial charge is 0.271 e. The standard InChI is InChI=1S/C20H20N2O4/c1-4-11-26-17-8-6-7-15(12-17)14-21-22-20(23)16-9-10-18(25-5-2)19(13-16)24-3/h1,6-10,12-14H,5,11H2,2-3H3,(H,22,23)/b21-14+. The van der Waals surface area contributed by atoms with E-state index in [9.17, 15) is 4.79 Å². The minimum atomic E-state index is -0.359. The summed E-state index contributed by atoms with van der Waals surface area (Å²) in [7, 11) is 1.52. The molecule has 0 aliphatic rings. The molecule has 6 heteroatoms. The van der Waals surface area contributed by atoms with E-state index in [1.54, 1.807) is 30.3 Å². The van der Waals surface area contributed by atoms with E-state index in [4.69, 9.17) is 20.6 Å². The average molecular weight is 352 g/mol. The fourth-order valence-electron chi connectivity index (χ4n) is 2.12. The van der Waals surface area contributed by atoms with Crippen LogP contribution in [0, 0.1) is 12.3 Å². The van der Waals surface area contributed by atoms with Crippen molar-refractivity contribution in [3.05, 3.63) is 53.6 Å². The second-order valence-electron chi connectivity index (χ2n) is 5.06. The number of rotatable bonds is 8. The van der Waals surface area contributed by atoms with E-state index in [0.717, 1.165) is 5.56 Å². The van der Waals surface area contributed by atoms with Gasteiger partial charge in [0.15, 0.2) is 11.5 Å². The molecule has 2 rings (SSSR count). The zero-order valence-electron chi connectivity index (χ0n) is 14.7. The van der Waals surface area contributed by atoms with E-state index >= 15 is 0 Å². The number of terminal acetylenes is 1. The van der Waals surface area contributed by atoms with Crippen molar-refractivity contribution in [3.63, 3.8) is 0 Å². The van der Waals surface area contributed by atoms with Gasteiger partial charge in [0.05, 0.1) is 19.9 Å². The lowest BCUT2D eigenvalue weighted by Crippen LogP contribution is -2.17. The number of nitrogens with one attached hydrogen (secondary N) is 1. The molecule has 1 amide bonds. The maximum atomic E-state index is 12.2. The number of hydrogen-bond acceptors (Lipinski definition) is 5. The van der Waals surface area contributed by atoms with Crippen LogP contribution in [0.1, 0.15) is 22.8 Å². The van der Waals surface area contributed by atoms with E-state index in [2.05, 4.69) is 16.4 Å². The Morgan fingerprint density at radius 1 is 1.23 bits per heavy atom. The molecule has 0 bridgehead atoms. The summed E-state index contributed by atoms with van der Waals surface area (Å²) in [5.74, 6) is 3.75. The third-order valence-electron chi connectivity index (χ3n) is 3.29. The number of carbonyl (C=O) groups is 1. The van der Waals surface area contributed by atoms with Gasteiger partial charge in [-0.05, 0) is 42.8 Å². The second-order valence-corrected chi connectivity index (χ2v) is 5.06. The Morgan fingerprint density at radius 3 is 2.81 bits per heavy atom. The van der Waals surface area contributed by atoms with Gasteiger partial charge in [-0.2, -0.15) is 5.10 Å². The number of nitrogens with zero attached hydrogens (tertiary/aromatic N) is 1. The molecule has 0 aliphatic carbocycles.